The van der Waals surface area contributed by atoms with E-state index in [1.165, 1.54) is 47.0 Å². The van der Waals surface area contributed by atoms with Gasteiger partial charge >= 0.3 is 0 Å². The van der Waals surface area contributed by atoms with Crippen LogP contribution in [0.1, 0.15) is 55.5 Å². The van der Waals surface area contributed by atoms with Crippen LogP contribution in [0.3, 0.4) is 0 Å². The van der Waals surface area contributed by atoms with E-state index in [1.807, 2.05) is 0 Å². The van der Waals surface area contributed by atoms with Crippen LogP contribution in [0, 0.1) is 5.92 Å². The van der Waals surface area contributed by atoms with Gasteiger partial charge in [0.2, 0.25) is 0 Å². The molecule has 2 aromatic carbocycles. The lowest BCUT2D eigenvalue weighted by atomic mass is 9.48. The Balaban J connectivity index is 1.18. The molecule has 5 nitrogen and oxygen atoms in total. The normalized spacial score (nSPS) is 33.8. The fraction of sp³-hybridized carbons (Fsp3) is 0.533. The second-order valence-electron chi connectivity index (χ2n) is 11.7. The van der Waals surface area contributed by atoms with Crippen molar-refractivity contribution in [2.75, 3.05) is 26.3 Å². The van der Waals surface area contributed by atoms with Gasteiger partial charge < -0.3 is 14.8 Å². The molecule has 2 bridgehead atoms. The van der Waals surface area contributed by atoms with Crippen molar-refractivity contribution in [3.63, 3.8) is 0 Å². The van der Waals surface area contributed by atoms with Crippen LogP contribution in [0.2, 0.25) is 0 Å². The molecule has 5 aliphatic rings. The summed E-state index contributed by atoms with van der Waals surface area (Å²) in [6, 6.07) is 18.0. The van der Waals surface area contributed by atoms with E-state index in [0.29, 0.717) is 37.6 Å². The topological polar surface area (TPSA) is 51.7 Å². The second kappa shape index (κ2) is 8.57. The number of hydrogen-bond acceptors (Lipinski definition) is 4. The van der Waals surface area contributed by atoms with Gasteiger partial charge in [-0.3, -0.25) is 14.2 Å². The van der Waals surface area contributed by atoms with Gasteiger partial charge in [0.25, 0.3) is 0 Å². The van der Waals surface area contributed by atoms with E-state index in [2.05, 4.69) is 70.2 Å². The number of para-hydroxylation sites is 1. The Morgan fingerprint density at radius 1 is 1.08 bits per heavy atom. The summed E-state index contributed by atoms with van der Waals surface area (Å²) in [5.41, 5.74) is 5.70. The number of nitrogens with one attached hydrogen (secondary N) is 1. The maximum Gasteiger partial charge on any atom is 0.138 e. The number of H-pyrrole nitrogens is 1. The summed E-state index contributed by atoms with van der Waals surface area (Å²) in [4.78, 5) is 8.73. The number of aromatic amines is 1. The highest BCUT2D eigenvalue weighted by Gasteiger charge is 2.63. The Morgan fingerprint density at radius 3 is 2.58 bits per heavy atom. The van der Waals surface area contributed by atoms with Crippen molar-refractivity contribution in [3.8, 4) is 5.75 Å². The number of aliphatic hydroxyl groups excluding tert-OH is 1. The highest BCUT2D eigenvalue weighted by Crippen LogP contribution is 2.64. The van der Waals surface area contributed by atoms with Crippen molar-refractivity contribution in [2.45, 2.75) is 68.9 Å². The highest BCUT2D eigenvalue weighted by molar-refractivity contribution is 5.85. The van der Waals surface area contributed by atoms with Crippen LogP contribution in [0.4, 0.5) is 4.39 Å². The summed E-state index contributed by atoms with van der Waals surface area (Å²) in [5.74, 6) is 1.72. The monoisotopic (exact) mass is 489 g/mol. The van der Waals surface area contributed by atoms with E-state index in [0.717, 1.165) is 18.1 Å². The maximum atomic E-state index is 12.6. The summed E-state index contributed by atoms with van der Waals surface area (Å²) in [7, 11) is 0. The van der Waals surface area contributed by atoms with Gasteiger partial charge in [-0.1, -0.05) is 30.3 Å². The van der Waals surface area contributed by atoms with Crippen LogP contribution >= 0.6 is 0 Å². The first-order valence-corrected chi connectivity index (χ1v) is 13.7. The summed E-state index contributed by atoms with van der Waals surface area (Å²) in [6.07, 6.45) is 4.78. The van der Waals surface area contributed by atoms with Gasteiger partial charge in [0.1, 0.15) is 18.0 Å². The number of halogens is 1. The number of rotatable bonds is 7. The molecule has 2 N–H and O–H groups in total. The largest absolute Gasteiger partial charge is 0.486 e. The SMILES string of the molecule is C[C@@H]1Cc2c([nH]c3ccccc23)[C@@H](c2ccc(O[C@@H]3CN(CCCF)C[C@H]3O)cc2)N1C12CC(C1)C2. The van der Waals surface area contributed by atoms with E-state index in [4.69, 9.17) is 4.74 Å². The molecule has 2 aliphatic heterocycles. The molecule has 3 heterocycles. The van der Waals surface area contributed by atoms with Crippen LogP contribution in [0.15, 0.2) is 48.5 Å². The first-order chi connectivity index (χ1) is 17.5. The Hall–Kier alpha value is -2.41. The molecular formula is C30H36FN3O2. The number of hydrogen-bond donors (Lipinski definition) is 2. The van der Waals surface area contributed by atoms with Crippen LogP contribution in [0.5, 0.6) is 5.75 Å². The number of benzene rings is 2. The summed E-state index contributed by atoms with van der Waals surface area (Å²) >= 11 is 0. The maximum absolute atomic E-state index is 12.6. The zero-order chi connectivity index (χ0) is 24.4. The van der Waals surface area contributed by atoms with E-state index < -0.39 is 6.10 Å². The minimum atomic E-state index is -0.544. The number of nitrogens with zero attached hydrogens (tertiary/aromatic N) is 2. The molecule has 1 aromatic heterocycles. The Labute approximate surface area is 212 Å². The zero-order valence-electron chi connectivity index (χ0n) is 21.0. The number of aliphatic hydroxyl groups is 1. The molecule has 3 aliphatic carbocycles. The molecule has 0 radical (unpaired) electrons. The molecular weight excluding hydrogens is 453 g/mol. The molecule has 0 unspecified atom stereocenters. The lowest BCUT2D eigenvalue weighted by Crippen LogP contribution is -2.71. The molecule has 6 heteroatoms. The van der Waals surface area contributed by atoms with Crippen molar-refractivity contribution in [2.24, 2.45) is 5.92 Å². The lowest BCUT2D eigenvalue weighted by molar-refractivity contribution is -0.174. The first kappa shape index (κ1) is 22.8. The average Bonchev–Trinajstić information content (AvgIpc) is 3.36. The second-order valence-corrected chi connectivity index (χ2v) is 11.7. The summed E-state index contributed by atoms with van der Waals surface area (Å²) in [5, 5.41) is 11.8. The molecule has 4 fully saturated rings. The number of aromatic nitrogens is 1. The van der Waals surface area contributed by atoms with Crippen molar-refractivity contribution in [3.05, 3.63) is 65.4 Å². The molecule has 190 valence electrons. The minimum absolute atomic E-state index is 0.208. The van der Waals surface area contributed by atoms with Gasteiger partial charge in [-0.15, -0.1) is 0 Å². The number of β-amino-alcohol motifs (C(OH)–C–C–N with tert-alkyl or cyclic N) is 1. The molecule has 3 saturated carbocycles. The van der Waals surface area contributed by atoms with Crippen LogP contribution in [-0.4, -0.2) is 70.0 Å². The Morgan fingerprint density at radius 2 is 1.86 bits per heavy atom. The van der Waals surface area contributed by atoms with Gasteiger partial charge in [0.05, 0.1) is 12.7 Å². The number of alkyl halides is 1. The molecule has 3 aromatic rings. The molecule has 0 amide bonds. The number of likely N-dealkylation sites (tertiary alicyclic amines) is 1. The average molecular weight is 490 g/mol. The molecule has 36 heavy (non-hydrogen) atoms. The Bertz CT molecular complexity index is 1240. The van der Waals surface area contributed by atoms with Crippen LogP contribution < -0.4 is 4.74 Å². The van der Waals surface area contributed by atoms with Gasteiger partial charge in [-0.05, 0) is 74.3 Å². The van der Waals surface area contributed by atoms with Gasteiger partial charge in [-0.25, -0.2) is 0 Å². The van der Waals surface area contributed by atoms with E-state index >= 15 is 0 Å². The third-order valence-electron chi connectivity index (χ3n) is 9.33. The first-order valence-electron chi connectivity index (χ1n) is 13.7. The van der Waals surface area contributed by atoms with Gasteiger partial charge in [0.15, 0.2) is 0 Å². The van der Waals surface area contributed by atoms with Gasteiger partial charge in [-0.2, -0.15) is 0 Å². The predicted molar refractivity (Wildman–Crippen MR) is 139 cm³/mol. The van der Waals surface area contributed by atoms with Crippen LogP contribution in [-0.2, 0) is 6.42 Å². The smallest absolute Gasteiger partial charge is 0.138 e. The number of fused-ring (bicyclic) bond motifs is 3. The predicted octanol–water partition coefficient (Wildman–Crippen LogP) is 4.84. The van der Waals surface area contributed by atoms with Crippen molar-refractivity contribution in [1.82, 2.24) is 14.8 Å². The molecule has 8 rings (SSSR count). The minimum Gasteiger partial charge on any atom is -0.486 e. The van der Waals surface area contributed by atoms with E-state index in [1.54, 1.807) is 0 Å². The van der Waals surface area contributed by atoms with E-state index in [9.17, 15) is 9.50 Å². The Kier molecular flexibility index (Phi) is 5.42. The lowest BCUT2D eigenvalue weighted by Gasteiger charge is -2.70. The fourth-order valence-corrected chi connectivity index (χ4v) is 7.60. The van der Waals surface area contributed by atoms with Crippen molar-refractivity contribution < 1.29 is 14.2 Å². The summed E-state index contributed by atoms with van der Waals surface area (Å²) < 4.78 is 18.8. The number of ether oxygens (including phenoxy) is 1. The summed E-state index contributed by atoms with van der Waals surface area (Å²) in [6.45, 7) is 3.93. The third kappa shape index (κ3) is 3.52. The molecule has 1 saturated heterocycles. The highest BCUT2D eigenvalue weighted by atomic mass is 19.1. The zero-order valence-corrected chi connectivity index (χ0v) is 21.0. The fourth-order valence-electron chi connectivity index (χ4n) is 7.60. The standard InChI is InChI=1S/C30H36FN3O2/c1-19-13-24-23-5-2-3-6-25(23)32-28(24)29(34(19)30-14-20(15-30)16-30)21-7-9-22(10-8-21)36-27-18-33(12-4-11-31)17-26(27)35/h2-3,5-10,19-20,26-27,29,32,35H,4,11-18H2,1H3/t19-,20?,26-,27-,29-,30?/m1/s1. The molecule has 4 atom stereocenters. The van der Waals surface area contributed by atoms with Crippen LogP contribution in [0.25, 0.3) is 10.9 Å². The molecule has 0 spiro atoms. The van der Waals surface area contributed by atoms with Crippen molar-refractivity contribution >= 4 is 10.9 Å². The van der Waals surface area contributed by atoms with Crippen molar-refractivity contribution in [1.29, 1.82) is 0 Å². The van der Waals surface area contributed by atoms with E-state index in [-0.39, 0.29) is 18.8 Å². The quantitative estimate of drug-likeness (QED) is 0.499. The van der Waals surface area contributed by atoms with Gasteiger partial charge in [0, 0.05) is 47.8 Å². The third-order valence-corrected chi connectivity index (χ3v) is 9.33.